The van der Waals surface area contributed by atoms with Gasteiger partial charge in [0.1, 0.15) is 0 Å². The average Bonchev–Trinajstić information content (AvgIpc) is 2.89. The number of carbonyl (C=O) groups is 2. The van der Waals surface area contributed by atoms with Gasteiger partial charge in [-0.15, -0.1) is 5.10 Å². The van der Waals surface area contributed by atoms with Gasteiger partial charge in [-0.2, -0.15) is 9.49 Å². The molecule has 0 saturated carbocycles. The van der Waals surface area contributed by atoms with E-state index in [0.29, 0.717) is 6.07 Å². The summed E-state index contributed by atoms with van der Waals surface area (Å²) in [5.41, 5.74) is -0.369. The van der Waals surface area contributed by atoms with E-state index in [1.807, 2.05) is 0 Å². The number of esters is 1. The van der Waals surface area contributed by atoms with E-state index in [-0.39, 0.29) is 15.6 Å². The maximum Gasteiger partial charge on any atom is 0.331 e. The van der Waals surface area contributed by atoms with Gasteiger partial charge in [0.15, 0.2) is 22.5 Å². The van der Waals surface area contributed by atoms with Crippen molar-refractivity contribution in [3.63, 3.8) is 0 Å². The Kier molecular flexibility index (Phi) is 5.14. The van der Waals surface area contributed by atoms with Crippen LogP contribution in [-0.4, -0.2) is 40.6 Å². The van der Waals surface area contributed by atoms with E-state index in [4.69, 9.17) is 5.11 Å². The predicted octanol–water partition coefficient (Wildman–Crippen LogP) is 0.986. The largest absolute Gasteiger partial charge is 0.504 e. The normalized spacial score (nSPS) is 17.7. The first-order chi connectivity index (χ1) is 11.3. The molecule has 1 fully saturated rings. The predicted molar refractivity (Wildman–Crippen MR) is 80.5 cm³/mol. The number of ether oxygens (including phenoxy) is 1. The highest BCUT2D eigenvalue weighted by molar-refractivity contribution is 8.18. The first-order valence-corrected chi connectivity index (χ1v) is 6.95. The van der Waals surface area contributed by atoms with Crippen LogP contribution in [0.1, 0.15) is 5.56 Å². The Morgan fingerprint density at radius 1 is 1.38 bits per heavy atom. The summed E-state index contributed by atoms with van der Waals surface area (Å²) in [6.45, 7) is 0. The Morgan fingerprint density at radius 2 is 2.08 bits per heavy atom. The summed E-state index contributed by atoms with van der Waals surface area (Å²) in [5, 5.41) is 27.8. The number of rotatable bonds is 3. The van der Waals surface area contributed by atoms with E-state index in [1.54, 1.807) is 0 Å². The number of phenols is 2. The van der Waals surface area contributed by atoms with Gasteiger partial charge >= 0.3 is 5.97 Å². The Balaban J connectivity index is 2.18. The summed E-state index contributed by atoms with van der Waals surface area (Å²) in [6, 6.07) is 0.653. The number of hydrogen-bond acceptors (Lipinski definition) is 8. The molecular weight excluding hydrogens is 348 g/mol. The number of amidine groups is 1. The van der Waals surface area contributed by atoms with Crippen LogP contribution in [0.4, 0.5) is 8.78 Å². The zero-order chi connectivity index (χ0) is 17.9. The minimum absolute atomic E-state index is 0.00520. The zero-order valence-corrected chi connectivity index (χ0v) is 12.7. The number of carbonyl (C=O) groups excluding carboxylic acids is 2. The van der Waals surface area contributed by atoms with Gasteiger partial charge in [-0.05, 0) is 17.8 Å². The third kappa shape index (κ3) is 3.68. The minimum atomic E-state index is -1.53. The highest BCUT2D eigenvalue weighted by Crippen LogP contribution is 2.30. The molecule has 1 aliphatic heterocycles. The molecule has 0 atom stereocenters. The van der Waals surface area contributed by atoms with E-state index < -0.39 is 35.0 Å². The number of methoxy groups -OCH3 is 1. The molecule has 1 heterocycles. The molecule has 1 aromatic carbocycles. The number of aromatic hydroxyl groups is 2. The topological polar surface area (TPSA) is 121 Å². The lowest BCUT2D eigenvalue weighted by atomic mass is 10.2. The monoisotopic (exact) mass is 357 g/mol. The van der Waals surface area contributed by atoms with E-state index in [0.717, 1.165) is 31.2 Å². The molecule has 0 bridgehead atoms. The number of halogens is 2. The second kappa shape index (κ2) is 7.08. The Morgan fingerprint density at radius 3 is 2.75 bits per heavy atom. The molecule has 3 N–H and O–H groups in total. The molecule has 1 aromatic rings. The van der Waals surface area contributed by atoms with Gasteiger partial charge in [0, 0.05) is 11.6 Å². The minimum Gasteiger partial charge on any atom is -0.504 e. The lowest BCUT2D eigenvalue weighted by Gasteiger charge is -2.02. The van der Waals surface area contributed by atoms with Crippen LogP contribution in [0, 0.1) is 11.6 Å². The second-order valence-corrected chi connectivity index (χ2v) is 5.23. The van der Waals surface area contributed by atoms with Gasteiger partial charge in [0.05, 0.1) is 18.2 Å². The maximum atomic E-state index is 13.3. The van der Waals surface area contributed by atoms with Crippen LogP contribution >= 0.6 is 11.8 Å². The standard InChI is InChI=1S/C13H9F2N3O5S/c1-23-8(19)3-7-12(22)17-13(24-7)18-16-4-5-2-6(14)11(21)9(15)10(5)20/h2-4,20-21H,1H3,(H,17,18,22)/b7-3+,16-4?. The number of hydrogen-bond donors (Lipinski definition) is 3. The third-order valence-electron chi connectivity index (χ3n) is 2.64. The summed E-state index contributed by atoms with van der Waals surface area (Å²) in [4.78, 5) is 22.6. The molecule has 0 radical (unpaired) electrons. The molecule has 0 unspecified atom stereocenters. The van der Waals surface area contributed by atoms with Crippen LogP contribution in [0.15, 0.2) is 27.3 Å². The van der Waals surface area contributed by atoms with Gasteiger partial charge in [0.25, 0.3) is 5.91 Å². The molecule has 0 aliphatic carbocycles. The Hall–Kier alpha value is -2.95. The maximum absolute atomic E-state index is 13.3. The highest BCUT2D eigenvalue weighted by Gasteiger charge is 2.25. The third-order valence-corrected chi connectivity index (χ3v) is 3.54. The second-order valence-electron chi connectivity index (χ2n) is 4.20. The van der Waals surface area contributed by atoms with Crippen LogP contribution in [0.5, 0.6) is 11.5 Å². The smallest absolute Gasteiger partial charge is 0.331 e. The van der Waals surface area contributed by atoms with Crippen molar-refractivity contribution in [1.82, 2.24) is 5.32 Å². The Labute approximate surface area is 137 Å². The molecular formula is C13H9F2N3O5S. The molecule has 126 valence electrons. The molecule has 0 spiro atoms. The summed E-state index contributed by atoms with van der Waals surface area (Å²) in [5.74, 6) is -6.46. The van der Waals surface area contributed by atoms with Crippen LogP contribution in [0.25, 0.3) is 0 Å². The van der Waals surface area contributed by atoms with Crippen LogP contribution in [0.3, 0.4) is 0 Å². The summed E-state index contributed by atoms with van der Waals surface area (Å²) >= 11 is 0.796. The average molecular weight is 357 g/mol. The number of nitrogens with one attached hydrogen (secondary N) is 1. The summed E-state index contributed by atoms with van der Waals surface area (Å²) in [7, 11) is 1.15. The first kappa shape index (κ1) is 17.4. The molecule has 8 nitrogen and oxygen atoms in total. The first-order valence-electron chi connectivity index (χ1n) is 6.13. The number of nitrogens with zero attached hydrogens (tertiary/aromatic N) is 2. The van der Waals surface area contributed by atoms with Gasteiger partial charge in [-0.3, -0.25) is 10.1 Å². The summed E-state index contributed by atoms with van der Waals surface area (Å²) < 4.78 is 30.9. The number of benzene rings is 1. The molecule has 2 rings (SSSR count). The lowest BCUT2D eigenvalue weighted by Crippen LogP contribution is -2.19. The fraction of sp³-hybridized carbons (Fsp3) is 0.0769. The molecule has 24 heavy (non-hydrogen) atoms. The SMILES string of the molecule is COC(=O)/C=C1/S/C(=N\N=Cc2cc(F)c(O)c(F)c2O)NC1=O. The number of phenolic OH excluding ortho intramolecular Hbond substituents is 2. The van der Waals surface area contributed by atoms with E-state index >= 15 is 0 Å². The van der Waals surface area contributed by atoms with Crippen molar-refractivity contribution in [3.8, 4) is 11.5 Å². The molecule has 0 aromatic heterocycles. The van der Waals surface area contributed by atoms with Crippen molar-refractivity contribution < 1.29 is 33.3 Å². The van der Waals surface area contributed by atoms with Gasteiger partial charge in [-0.1, -0.05) is 0 Å². The van der Waals surface area contributed by atoms with Gasteiger partial charge in [-0.25, -0.2) is 9.18 Å². The zero-order valence-electron chi connectivity index (χ0n) is 11.9. The van der Waals surface area contributed by atoms with Gasteiger partial charge < -0.3 is 14.9 Å². The van der Waals surface area contributed by atoms with E-state index in [2.05, 4.69) is 20.3 Å². The fourth-order valence-electron chi connectivity index (χ4n) is 1.50. The fourth-order valence-corrected chi connectivity index (χ4v) is 2.24. The summed E-state index contributed by atoms with van der Waals surface area (Å²) in [6.07, 6.45) is 1.78. The van der Waals surface area contributed by atoms with E-state index in [9.17, 15) is 23.5 Å². The van der Waals surface area contributed by atoms with E-state index in [1.165, 1.54) is 0 Å². The van der Waals surface area contributed by atoms with Crippen molar-refractivity contribution in [2.24, 2.45) is 10.2 Å². The molecule has 1 saturated heterocycles. The van der Waals surface area contributed by atoms with Crippen molar-refractivity contribution in [1.29, 1.82) is 0 Å². The van der Waals surface area contributed by atoms with Crippen molar-refractivity contribution in [2.45, 2.75) is 0 Å². The van der Waals surface area contributed by atoms with Crippen LogP contribution in [0.2, 0.25) is 0 Å². The van der Waals surface area contributed by atoms with Crippen molar-refractivity contribution >= 4 is 35.0 Å². The lowest BCUT2D eigenvalue weighted by molar-refractivity contribution is -0.135. The van der Waals surface area contributed by atoms with Crippen LogP contribution in [-0.2, 0) is 14.3 Å². The number of amides is 1. The van der Waals surface area contributed by atoms with Gasteiger partial charge in [0.2, 0.25) is 5.82 Å². The van der Waals surface area contributed by atoms with Crippen LogP contribution < -0.4 is 5.32 Å². The molecule has 11 heteroatoms. The highest BCUT2D eigenvalue weighted by atomic mass is 32.2. The quantitative estimate of drug-likeness (QED) is 0.321. The Bertz CT molecular complexity index is 807. The number of thioether (sulfide) groups is 1. The van der Waals surface area contributed by atoms with Crippen molar-refractivity contribution in [2.75, 3.05) is 7.11 Å². The molecule has 1 aliphatic rings. The molecule has 1 amide bonds. The van der Waals surface area contributed by atoms with Crippen molar-refractivity contribution in [3.05, 3.63) is 34.2 Å².